The Bertz CT molecular complexity index is 808. The molecule has 0 bridgehead atoms. The minimum atomic E-state index is -3.77. The maximum absolute atomic E-state index is 12.2. The number of carbonyl (C=O) groups excluding carboxylic acids is 2. The molecule has 8 nitrogen and oxygen atoms in total. The van der Waals surface area contributed by atoms with Gasteiger partial charge >= 0.3 is 5.97 Å². The van der Waals surface area contributed by atoms with Gasteiger partial charge in [-0.2, -0.15) is 0 Å². The number of benzene rings is 1. The number of esters is 1. The van der Waals surface area contributed by atoms with Crippen molar-refractivity contribution in [1.29, 1.82) is 0 Å². The fraction of sp³-hybridized carbons (Fsp3) is 0.438. The van der Waals surface area contributed by atoms with Crippen molar-refractivity contribution in [3.63, 3.8) is 0 Å². The summed E-state index contributed by atoms with van der Waals surface area (Å²) in [6, 6.07) is 5.63. The Labute approximate surface area is 157 Å². The lowest BCUT2D eigenvalue weighted by Gasteiger charge is -2.15. The zero-order valence-corrected chi connectivity index (χ0v) is 16.0. The molecule has 1 aromatic carbocycles. The van der Waals surface area contributed by atoms with Crippen LogP contribution in [0.2, 0.25) is 0 Å². The van der Waals surface area contributed by atoms with Crippen molar-refractivity contribution in [2.45, 2.75) is 37.7 Å². The molecule has 4 N–H and O–H groups in total. The molecule has 0 aliphatic carbocycles. The molecule has 1 aliphatic rings. The highest BCUT2D eigenvalue weighted by Crippen LogP contribution is 2.26. The summed E-state index contributed by atoms with van der Waals surface area (Å²) in [5, 5.41) is 10.5. The van der Waals surface area contributed by atoms with Crippen LogP contribution in [0.1, 0.15) is 26.7 Å². The van der Waals surface area contributed by atoms with Gasteiger partial charge in [-0.15, -0.1) is 0 Å². The molecule has 10 heteroatoms. The predicted octanol–water partition coefficient (Wildman–Crippen LogP) is 1.12. The number of anilines is 1. The molecule has 2 rings (SSSR count). The van der Waals surface area contributed by atoms with E-state index < -0.39 is 15.9 Å². The lowest BCUT2D eigenvalue weighted by atomic mass is 9.93. The van der Waals surface area contributed by atoms with Gasteiger partial charge in [0.15, 0.2) is 5.11 Å². The second-order valence-corrected chi connectivity index (χ2v) is 8.30. The number of rotatable bonds is 5. The number of nitrogens with one attached hydrogen (secondary N) is 2. The molecule has 1 amide bonds. The zero-order chi connectivity index (χ0) is 19.5. The van der Waals surface area contributed by atoms with Crippen molar-refractivity contribution >= 4 is 44.9 Å². The molecule has 142 valence electrons. The number of amides is 1. The number of hydrogen-bond donors (Lipinski definition) is 3. The van der Waals surface area contributed by atoms with Crippen LogP contribution in [-0.2, 0) is 24.3 Å². The summed E-state index contributed by atoms with van der Waals surface area (Å²) < 4.78 is 27.5. The number of carbonyl (C=O) groups is 2. The summed E-state index contributed by atoms with van der Waals surface area (Å²) in [5.74, 6) is -1.27. The van der Waals surface area contributed by atoms with Crippen LogP contribution in [0.25, 0.3) is 0 Å². The van der Waals surface area contributed by atoms with Crippen molar-refractivity contribution in [3.8, 4) is 0 Å². The van der Waals surface area contributed by atoms with Crippen LogP contribution < -0.4 is 15.8 Å². The van der Waals surface area contributed by atoms with Crippen LogP contribution in [0.5, 0.6) is 0 Å². The second-order valence-electron chi connectivity index (χ2n) is 6.33. The Balaban J connectivity index is 1.86. The van der Waals surface area contributed by atoms with Crippen LogP contribution in [0.15, 0.2) is 29.2 Å². The topological polar surface area (TPSA) is 128 Å². The zero-order valence-electron chi connectivity index (χ0n) is 14.4. The predicted molar refractivity (Wildman–Crippen MR) is 99.6 cm³/mol. The number of ether oxygens (including phenoxy) is 1. The number of sulfonamides is 1. The van der Waals surface area contributed by atoms with E-state index in [1.807, 2.05) is 6.92 Å². The molecule has 1 saturated heterocycles. The van der Waals surface area contributed by atoms with E-state index in [4.69, 9.17) is 22.1 Å². The second kappa shape index (κ2) is 8.11. The highest BCUT2D eigenvalue weighted by atomic mass is 32.2. The third kappa shape index (κ3) is 5.48. The van der Waals surface area contributed by atoms with E-state index in [1.165, 1.54) is 24.3 Å². The fourth-order valence-electron chi connectivity index (χ4n) is 2.69. The van der Waals surface area contributed by atoms with Crippen molar-refractivity contribution in [2.75, 3.05) is 5.32 Å². The molecule has 0 spiro atoms. The van der Waals surface area contributed by atoms with E-state index in [1.54, 1.807) is 6.92 Å². The summed E-state index contributed by atoms with van der Waals surface area (Å²) in [4.78, 5) is 23.9. The molecule has 0 saturated carbocycles. The first-order valence-corrected chi connectivity index (χ1v) is 9.97. The van der Waals surface area contributed by atoms with Crippen molar-refractivity contribution < 1.29 is 22.7 Å². The quantitative estimate of drug-likeness (QED) is 0.500. The molecular formula is C16H21N3O5S2. The van der Waals surface area contributed by atoms with E-state index in [-0.39, 0.29) is 33.9 Å². The normalized spacial score (nSPS) is 21.0. The first-order chi connectivity index (χ1) is 12.1. The fourth-order valence-corrected chi connectivity index (χ4v) is 3.43. The van der Waals surface area contributed by atoms with Crippen LogP contribution >= 0.6 is 12.2 Å². The Morgan fingerprint density at radius 1 is 1.38 bits per heavy atom. The lowest BCUT2D eigenvalue weighted by Crippen LogP contribution is -2.38. The number of cyclic esters (lactones) is 1. The van der Waals surface area contributed by atoms with Crippen molar-refractivity contribution in [2.24, 2.45) is 17.0 Å². The summed E-state index contributed by atoms with van der Waals surface area (Å²) in [6.45, 7) is 3.54. The number of hydrogen-bond acceptors (Lipinski definition) is 6. The van der Waals surface area contributed by atoms with Crippen molar-refractivity contribution in [1.82, 2.24) is 5.32 Å². The van der Waals surface area contributed by atoms with Crippen LogP contribution in [0, 0.1) is 11.8 Å². The maximum atomic E-state index is 12.2. The maximum Gasteiger partial charge on any atom is 0.309 e. The SMILES string of the molecule is C[C@@H]1C[C@H](C[C@@H](C)C(=O)NC(=S)Nc2ccc(S(N)(=O)=O)cc2)C(=O)O1. The summed E-state index contributed by atoms with van der Waals surface area (Å²) >= 11 is 5.08. The lowest BCUT2D eigenvalue weighted by molar-refractivity contribution is -0.144. The third-order valence-corrected chi connectivity index (χ3v) is 5.16. The Morgan fingerprint density at radius 2 is 2.00 bits per heavy atom. The van der Waals surface area contributed by atoms with Gasteiger partial charge in [0.05, 0.1) is 16.9 Å². The largest absolute Gasteiger partial charge is 0.462 e. The molecule has 1 heterocycles. The molecule has 26 heavy (non-hydrogen) atoms. The Kier molecular flexibility index (Phi) is 6.32. The highest BCUT2D eigenvalue weighted by molar-refractivity contribution is 7.89. The van der Waals surface area contributed by atoms with Crippen LogP contribution in [0.4, 0.5) is 5.69 Å². The minimum absolute atomic E-state index is 0.0238. The van der Waals surface area contributed by atoms with Gasteiger partial charge in [0, 0.05) is 11.6 Å². The first kappa shape index (κ1) is 20.3. The average molecular weight is 399 g/mol. The molecule has 1 aliphatic heterocycles. The van der Waals surface area contributed by atoms with Gasteiger partial charge in [-0.1, -0.05) is 6.92 Å². The molecule has 0 radical (unpaired) electrons. The summed E-state index contributed by atoms with van der Waals surface area (Å²) in [5.41, 5.74) is 0.503. The van der Waals surface area contributed by atoms with E-state index in [0.29, 0.717) is 18.5 Å². The van der Waals surface area contributed by atoms with Gasteiger partial charge in [-0.05, 0) is 56.2 Å². The van der Waals surface area contributed by atoms with E-state index >= 15 is 0 Å². The van der Waals surface area contributed by atoms with Gasteiger partial charge in [0.2, 0.25) is 15.9 Å². The number of nitrogens with two attached hydrogens (primary N) is 1. The highest BCUT2D eigenvalue weighted by Gasteiger charge is 2.34. The van der Waals surface area contributed by atoms with Gasteiger partial charge in [0.25, 0.3) is 0 Å². The molecule has 0 unspecified atom stereocenters. The van der Waals surface area contributed by atoms with E-state index in [0.717, 1.165) is 0 Å². The number of thiocarbonyl (C=S) groups is 1. The number of primary sulfonamides is 1. The molecule has 1 aromatic rings. The van der Waals surface area contributed by atoms with Gasteiger partial charge in [-0.3, -0.25) is 9.59 Å². The summed E-state index contributed by atoms with van der Waals surface area (Å²) in [6.07, 6.45) is 0.877. The first-order valence-electron chi connectivity index (χ1n) is 8.01. The van der Waals surface area contributed by atoms with Crippen LogP contribution in [-0.4, -0.2) is 31.5 Å². The summed E-state index contributed by atoms with van der Waals surface area (Å²) in [7, 11) is -3.77. The average Bonchev–Trinajstić information content (AvgIpc) is 2.84. The standard InChI is InChI=1S/C16H21N3O5S2/c1-9(7-11-8-10(2)24-15(11)21)14(20)19-16(25)18-12-3-5-13(6-4-12)26(17,22)23/h3-6,9-11H,7-8H2,1-2H3,(H2,17,22,23)(H2,18,19,20,25)/t9-,10-,11+/m1/s1. The molecule has 0 aromatic heterocycles. The van der Waals surface area contributed by atoms with E-state index in [9.17, 15) is 18.0 Å². The van der Waals surface area contributed by atoms with E-state index in [2.05, 4.69) is 10.6 Å². The molecule has 1 fully saturated rings. The van der Waals surface area contributed by atoms with Gasteiger partial charge in [0.1, 0.15) is 0 Å². The Morgan fingerprint density at radius 3 is 2.50 bits per heavy atom. The molecular weight excluding hydrogens is 378 g/mol. The third-order valence-electron chi connectivity index (χ3n) is 4.03. The smallest absolute Gasteiger partial charge is 0.309 e. The monoisotopic (exact) mass is 399 g/mol. The van der Waals surface area contributed by atoms with Crippen LogP contribution in [0.3, 0.4) is 0 Å². The molecule has 3 atom stereocenters. The minimum Gasteiger partial charge on any atom is -0.462 e. The van der Waals surface area contributed by atoms with Gasteiger partial charge < -0.3 is 15.4 Å². The Hall–Kier alpha value is -2.04. The van der Waals surface area contributed by atoms with Gasteiger partial charge in [-0.25, -0.2) is 13.6 Å². The van der Waals surface area contributed by atoms with Crippen molar-refractivity contribution in [3.05, 3.63) is 24.3 Å².